The monoisotopic (exact) mass is 498 g/mol. The highest BCUT2D eigenvalue weighted by Crippen LogP contribution is 2.33. The number of amides is 1. The molecule has 1 amide bonds. The molecule has 0 aliphatic carbocycles. The van der Waals surface area contributed by atoms with Gasteiger partial charge in [-0.25, -0.2) is 9.38 Å². The number of hydrogen-bond donors (Lipinski definition) is 1. The summed E-state index contributed by atoms with van der Waals surface area (Å²) in [5.41, 5.74) is 2.43. The molecule has 1 aliphatic rings. The first-order chi connectivity index (χ1) is 17.6. The van der Waals surface area contributed by atoms with Gasteiger partial charge in [0.05, 0.1) is 17.2 Å². The molecule has 1 aliphatic heterocycles. The van der Waals surface area contributed by atoms with Gasteiger partial charge in [-0.3, -0.25) is 4.79 Å². The minimum absolute atomic E-state index is 0.240. The zero-order chi connectivity index (χ0) is 24.9. The van der Waals surface area contributed by atoms with Crippen LogP contribution in [0.25, 0.3) is 16.8 Å². The number of thioether (sulfide) groups is 1. The molecule has 0 unspecified atom stereocenters. The standard InChI is InChI=1S/C29H23FN2O3S/c1-2-34-26-16-19(17-27-28(33)32-29(36-27)31-24-12-10-23(30)11-13-24)8-14-25(26)35-18-20-7-9-21-5-3-4-6-22(21)15-20/h3-17H,2,18H2,1H3,(H,31,32,33)/b27-17+. The van der Waals surface area contributed by atoms with E-state index in [1.54, 1.807) is 18.2 Å². The Morgan fingerprint density at radius 2 is 1.72 bits per heavy atom. The molecule has 36 heavy (non-hydrogen) atoms. The molecule has 5 nitrogen and oxygen atoms in total. The summed E-state index contributed by atoms with van der Waals surface area (Å²) in [6, 6.07) is 25.8. The van der Waals surface area contributed by atoms with Crippen LogP contribution in [0.3, 0.4) is 0 Å². The van der Waals surface area contributed by atoms with E-state index in [1.807, 2.05) is 37.3 Å². The van der Waals surface area contributed by atoms with Crippen molar-refractivity contribution in [3.05, 3.63) is 107 Å². The normalized spacial score (nSPS) is 15.4. The molecule has 5 rings (SSSR count). The van der Waals surface area contributed by atoms with Crippen molar-refractivity contribution < 1.29 is 18.7 Å². The molecule has 0 bridgehead atoms. The van der Waals surface area contributed by atoms with Crippen LogP contribution in [0.2, 0.25) is 0 Å². The summed E-state index contributed by atoms with van der Waals surface area (Å²) >= 11 is 1.23. The number of amidine groups is 1. The van der Waals surface area contributed by atoms with Gasteiger partial charge in [0, 0.05) is 0 Å². The molecular formula is C29H23FN2O3S. The van der Waals surface area contributed by atoms with Gasteiger partial charge in [0.1, 0.15) is 12.4 Å². The van der Waals surface area contributed by atoms with E-state index < -0.39 is 0 Å². The van der Waals surface area contributed by atoms with Crippen LogP contribution in [-0.4, -0.2) is 17.7 Å². The van der Waals surface area contributed by atoms with Crippen molar-refractivity contribution in [2.24, 2.45) is 4.99 Å². The number of fused-ring (bicyclic) bond motifs is 1. The van der Waals surface area contributed by atoms with Gasteiger partial charge in [-0.15, -0.1) is 0 Å². The average Bonchev–Trinajstić information content (AvgIpc) is 3.23. The van der Waals surface area contributed by atoms with E-state index in [0.29, 0.717) is 40.5 Å². The Hall–Kier alpha value is -4.10. The second-order valence-corrected chi connectivity index (χ2v) is 9.10. The number of aliphatic imine (C=N–C) groups is 1. The number of halogens is 1. The lowest BCUT2D eigenvalue weighted by atomic mass is 10.1. The van der Waals surface area contributed by atoms with E-state index in [0.717, 1.165) is 11.1 Å². The summed E-state index contributed by atoms with van der Waals surface area (Å²) in [6.45, 7) is 2.81. The minimum Gasteiger partial charge on any atom is -0.490 e. The number of nitrogens with zero attached hydrogens (tertiary/aromatic N) is 1. The van der Waals surface area contributed by atoms with E-state index in [4.69, 9.17) is 9.47 Å². The van der Waals surface area contributed by atoms with E-state index in [2.05, 4.69) is 40.6 Å². The number of benzene rings is 4. The Morgan fingerprint density at radius 3 is 2.53 bits per heavy atom. The number of carbonyl (C=O) groups is 1. The molecule has 1 heterocycles. The largest absolute Gasteiger partial charge is 0.490 e. The summed E-state index contributed by atoms with van der Waals surface area (Å²) in [5, 5.41) is 5.54. The maximum absolute atomic E-state index is 13.1. The first-order valence-electron chi connectivity index (χ1n) is 11.5. The first-order valence-corrected chi connectivity index (χ1v) is 12.3. The Labute approximate surface area is 212 Å². The summed E-state index contributed by atoms with van der Waals surface area (Å²) in [4.78, 5) is 17.3. The van der Waals surface area contributed by atoms with Crippen molar-refractivity contribution in [2.75, 3.05) is 6.61 Å². The van der Waals surface area contributed by atoms with E-state index in [9.17, 15) is 9.18 Å². The van der Waals surface area contributed by atoms with Crippen molar-refractivity contribution in [1.82, 2.24) is 5.32 Å². The smallest absolute Gasteiger partial charge is 0.264 e. The van der Waals surface area contributed by atoms with Crippen LogP contribution in [0.4, 0.5) is 10.1 Å². The maximum Gasteiger partial charge on any atom is 0.264 e. The topological polar surface area (TPSA) is 59.9 Å². The van der Waals surface area contributed by atoms with E-state index in [-0.39, 0.29) is 11.7 Å². The Balaban J connectivity index is 1.32. The van der Waals surface area contributed by atoms with Crippen molar-refractivity contribution in [3.8, 4) is 11.5 Å². The molecule has 1 fully saturated rings. The highest BCUT2D eigenvalue weighted by molar-refractivity contribution is 8.18. The number of hydrogen-bond acceptors (Lipinski definition) is 5. The number of ether oxygens (including phenoxy) is 2. The second kappa shape index (κ2) is 10.7. The van der Waals surface area contributed by atoms with Crippen LogP contribution in [-0.2, 0) is 11.4 Å². The zero-order valence-corrected chi connectivity index (χ0v) is 20.3. The van der Waals surface area contributed by atoms with Gasteiger partial charge in [-0.1, -0.05) is 42.5 Å². The number of nitrogens with one attached hydrogen (secondary N) is 1. The molecule has 1 saturated heterocycles. The fourth-order valence-corrected chi connectivity index (χ4v) is 4.60. The number of rotatable bonds is 7. The summed E-state index contributed by atoms with van der Waals surface area (Å²) in [6.07, 6.45) is 1.78. The average molecular weight is 499 g/mol. The predicted molar refractivity (Wildman–Crippen MR) is 143 cm³/mol. The van der Waals surface area contributed by atoms with E-state index in [1.165, 1.54) is 34.7 Å². The maximum atomic E-state index is 13.1. The molecule has 4 aromatic rings. The summed E-state index contributed by atoms with van der Waals surface area (Å²) in [5.74, 6) is 0.665. The third-order valence-corrected chi connectivity index (χ3v) is 6.39. The fourth-order valence-electron chi connectivity index (χ4n) is 3.76. The van der Waals surface area contributed by atoms with Crippen molar-refractivity contribution in [1.29, 1.82) is 0 Å². The van der Waals surface area contributed by atoms with Gasteiger partial charge in [0.25, 0.3) is 5.91 Å². The van der Waals surface area contributed by atoms with Gasteiger partial charge >= 0.3 is 0 Å². The van der Waals surface area contributed by atoms with Gasteiger partial charge in [0.2, 0.25) is 0 Å². The molecule has 0 saturated carbocycles. The quantitative estimate of drug-likeness (QED) is 0.283. The highest BCUT2D eigenvalue weighted by atomic mass is 32.2. The minimum atomic E-state index is -0.336. The fraction of sp³-hybridized carbons (Fsp3) is 0.103. The van der Waals surface area contributed by atoms with Crippen LogP contribution in [0.1, 0.15) is 18.1 Å². The second-order valence-electron chi connectivity index (χ2n) is 8.07. The van der Waals surface area contributed by atoms with Gasteiger partial charge in [-0.05, 0) is 89.1 Å². The molecule has 0 atom stereocenters. The van der Waals surface area contributed by atoms with Gasteiger partial charge < -0.3 is 14.8 Å². The molecular weight excluding hydrogens is 475 g/mol. The molecule has 180 valence electrons. The summed E-state index contributed by atoms with van der Waals surface area (Å²) in [7, 11) is 0. The third-order valence-electron chi connectivity index (χ3n) is 5.48. The Morgan fingerprint density at radius 1 is 0.917 bits per heavy atom. The third kappa shape index (κ3) is 5.58. The van der Waals surface area contributed by atoms with Crippen LogP contribution < -0.4 is 14.8 Å². The molecule has 0 spiro atoms. The van der Waals surface area contributed by atoms with Gasteiger partial charge in [-0.2, -0.15) is 0 Å². The van der Waals surface area contributed by atoms with Crippen molar-refractivity contribution in [3.63, 3.8) is 0 Å². The van der Waals surface area contributed by atoms with Crippen molar-refractivity contribution >= 4 is 45.4 Å². The van der Waals surface area contributed by atoms with E-state index >= 15 is 0 Å². The molecule has 1 N–H and O–H groups in total. The lowest BCUT2D eigenvalue weighted by Crippen LogP contribution is -2.19. The lowest BCUT2D eigenvalue weighted by molar-refractivity contribution is -0.115. The van der Waals surface area contributed by atoms with Crippen LogP contribution in [0.15, 0.2) is 94.8 Å². The molecule has 7 heteroatoms. The lowest BCUT2D eigenvalue weighted by Gasteiger charge is -2.13. The predicted octanol–water partition coefficient (Wildman–Crippen LogP) is 6.85. The van der Waals surface area contributed by atoms with Crippen LogP contribution in [0, 0.1) is 5.82 Å². The molecule has 0 radical (unpaired) electrons. The first kappa shape index (κ1) is 23.6. The van der Waals surface area contributed by atoms with Crippen molar-refractivity contribution in [2.45, 2.75) is 13.5 Å². The zero-order valence-electron chi connectivity index (χ0n) is 19.5. The Kier molecular flexibility index (Phi) is 7.00. The summed E-state index contributed by atoms with van der Waals surface area (Å²) < 4.78 is 25.0. The van der Waals surface area contributed by atoms with Gasteiger partial charge in [0.15, 0.2) is 16.7 Å². The SMILES string of the molecule is CCOc1cc(/C=C2/SC(=Nc3ccc(F)cc3)NC2=O)ccc1OCc1ccc2ccccc2c1. The molecule has 4 aromatic carbocycles. The Bertz CT molecular complexity index is 1480. The number of carbonyl (C=O) groups excluding carboxylic acids is 1. The van der Waals surface area contributed by atoms with Crippen LogP contribution >= 0.6 is 11.8 Å². The highest BCUT2D eigenvalue weighted by Gasteiger charge is 2.24. The van der Waals surface area contributed by atoms with Crippen LogP contribution in [0.5, 0.6) is 11.5 Å². The molecule has 0 aromatic heterocycles.